The summed E-state index contributed by atoms with van der Waals surface area (Å²) < 4.78 is 0. The molecule has 1 aliphatic heterocycles. The average Bonchev–Trinajstić information content (AvgIpc) is 2.69. The monoisotopic (exact) mass is 353 g/mol. The zero-order valence-corrected chi connectivity index (χ0v) is 15.6. The van der Waals surface area contributed by atoms with E-state index in [1.165, 1.54) is 5.56 Å². The van der Waals surface area contributed by atoms with E-state index in [1.807, 2.05) is 6.07 Å². The van der Waals surface area contributed by atoms with E-state index in [1.54, 1.807) is 13.1 Å². The lowest BCUT2D eigenvalue weighted by Gasteiger charge is -2.34. The van der Waals surface area contributed by atoms with Gasteiger partial charge in [0.2, 0.25) is 0 Å². The highest BCUT2D eigenvalue weighted by Gasteiger charge is 2.21. The van der Waals surface area contributed by atoms with E-state index in [0.29, 0.717) is 11.6 Å². The van der Waals surface area contributed by atoms with E-state index < -0.39 is 0 Å². The third-order valence-corrected chi connectivity index (χ3v) is 4.91. The Morgan fingerprint density at radius 2 is 1.88 bits per heavy atom. The maximum atomic E-state index is 11.5. The highest BCUT2D eigenvalue weighted by atomic mass is 16.1. The maximum Gasteiger partial charge on any atom is 0.271 e. The predicted molar refractivity (Wildman–Crippen MR) is 103 cm³/mol. The van der Waals surface area contributed by atoms with Crippen LogP contribution in [0.2, 0.25) is 0 Å². The third-order valence-electron chi connectivity index (χ3n) is 4.91. The molecule has 1 N–H and O–H groups in total. The van der Waals surface area contributed by atoms with Crippen LogP contribution in [0.4, 0.5) is 5.82 Å². The number of aromatic nitrogens is 2. The molecule has 0 radical (unpaired) electrons. The SMILES string of the molecule is CNC(=O)c1ccc(N2CCC(CN(C)Cc3ccccc3)CC2)nn1. The molecule has 6 nitrogen and oxygen atoms in total. The van der Waals surface area contributed by atoms with E-state index in [0.717, 1.165) is 44.8 Å². The number of anilines is 1. The standard InChI is InChI=1S/C20H27N5O/c1-21-20(26)18-8-9-19(23-22-18)25-12-10-17(11-13-25)15-24(2)14-16-6-4-3-5-7-16/h3-9,17H,10-15H2,1-2H3,(H,21,26). The molecule has 3 rings (SSSR count). The summed E-state index contributed by atoms with van der Waals surface area (Å²) in [4.78, 5) is 16.2. The third kappa shape index (κ3) is 4.79. The molecule has 0 spiro atoms. The number of nitrogens with one attached hydrogen (secondary N) is 1. The van der Waals surface area contributed by atoms with Crippen molar-refractivity contribution < 1.29 is 4.79 Å². The summed E-state index contributed by atoms with van der Waals surface area (Å²) in [6.45, 7) is 4.08. The van der Waals surface area contributed by atoms with Crippen LogP contribution in [0.3, 0.4) is 0 Å². The molecule has 1 amide bonds. The Morgan fingerprint density at radius 3 is 2.50 bits per heavy atom. The molecular weight excluding hydrogens is 326 g/mol. The Labute approximate surface area is 155 Å². The fourth-order valence-corrected chi connectivity index (χ4v) is 3.49. The molecule has 2 heterocycles. The Balaban J connectivity index is 1.47. The second-order valence-corrected chi connectivity index (χ2v) is 6.97. The average molecular weight is 353 g/mol. The second kappa shape index (κ2) is 8.76. The fraction of sp³-hybridized carbons (Fsp3) is 0.450. The van der Waals surface area contributed by atoms with E-state index in [2.05, 4.69) is 62.7 Å². The Kier molecular flexibility index (Phi) is 6.17. The molecule has 0 bridgehead atoms. The Morgan fingerprint density at radius 1 is 1.15 bits per heavy atom. The van der Waals surface area contributed by atoms with Crippen molar-refractivity contribution in [1.82, 2.24) is 20.4 Å². The molecule has 1 aromatic heterocycles. The van der Waals surface area contributed by atoms with E-state index in [9.17, 15) is 4.79 Å². The van der Waals surface area contributed by atoms with Crippen molar-refractivity contribution in [2.75, 3.05) is 38.6 Å². The van der Waals surface area contributed by atoms with Crippen LogP contribution in [0.25, 0.3) is 0 Å². The molecule has 1 aromatic carbocycles. The molecule has 0 atom stereocenters. The van der Waals surface area contributed by atoms with Crippen LogP contribution in [0.5, 0.6) is 0 Å². The van der Waals surface area contributed by atoms with Gasteiger partial charge in [0.25, 0.3) is 5.91 Å². The number of piperidine rings is 1. The molecule has 0 unspecified atom stereocenters. The van der Waals surface area contributed by atoms with Crippen molar-refractivity contribution >= 4 is 11.7 Å². The van der Waals surface area contributed by atoms with Crippen LogP contribution in [0.15, 0.2) is 42.5 Å². The first-order chi connectivity index (χ1) is 12.7. The number of nitrogens with zero attached hydrogens (tertiary/aromatic N) is 4. The van der Waals surface area contributed by atoms with Crippen LogP contribution in [0, 0.1) is 5.92 Å². The van der Waals surface area contributed by atoms with Crippen LogP contribution in [0.1, 0.15) is 28.9 Å². The summed E-state index contributed by atoms with van der Waals surface area (Å²) in [7, 11) is 3.79. The number of amides is 1. The van der Waals surface area contributed by atoms with Crippen LogP contribution in [-0.2, 0) is 6.54 Å². The molecular formula is C20H27N5O. The quantitative estimate of drug-likeness (QED) is 0.862. The summed E-state index contributed by atoms with van der Waals surface area (Å²) in [6, 6.07) is 14.2. The van der Waals surface area contributed by atoms with Crippen LogP contribution in [-0.4, -0.2) is 54.7 Å². The molecule has 1 saturated heterocycles. The zero-order chi connectivity index (χ0) is 18.4. The maximum absolute atomic E-state index is 11.5. The van der Waals surface area contributed by atoms with Crippen molar-refractivity contribution in [2.24, 2.45) is 5.92 Å². The first-order valence-corrected chi connectivity index (χ1v) is 9.19. The van der Waals surface area contributed by atoms with Gasteiger partial charge in [-0.05, 0) is 43.5 Å². The number of hydrogen-bond acceptors (Lipinski definition) is 5. The largest absolute Gasteiger partial charge is 0.355 e. The van der Waals surface area contributed by atoms with Gasteiger partial charge in [0.15, 0.2) is 11.5 Å². The van der Waals surface area contributed by atoms with E-state index >= 15 is 0 Å². The van der Waals surface area contributed by atoms with Gasteiger partial charge < -0.3 is 15.1 Å². The molecule has 138 valence electrons. The van der Waals surface area contributed by atoms with Gasteiger partial charge in [-0.2, -0.15) is 0 Å². The van der Waals surface area contributed by atoms with Crippen LogP contribution < -0.4 is 10.2 Å². The topological polar surface area (TPSA) is 61.4 Å². The highest BCUT2D eigenvalue weighted by molar-refractivity contribution is 5.91. The number of hydrogen-bond donors (Lipinski definition) is 1. The number of benzene rings is 1. The minimum absolute atomic E-state index is 0.204. The highest BCUT2D eigenvalue weighted by Crippen LogP contribution is 2.22. The van der Waals surface area contributed by atoms with E-state index in [-0.39, 0.29) is 5.91 Å². The number of carbonyl (C=O) groups is 1. The summed E-state index contributed by atoms with van der Waals surface area (Å²) in [5.41, 5.74) is 1.72. The summed E-state index contributed by atoms with van der Waals surface area (Å²) in [5, 5.41) is 10.8. The van der Waals surface area contributed by atoms with E-state index in [4.69, 9.17) is 0 Å². The molecule has 6 heteroatoms. The number of rotatable bonds is 6. The second-order valence-electron chi connectivity index (χ2n) is 6.97. The fourth-order valence-electron chi connectivity index (χ4n) is 3.49. The zero-order valence-electron chi connectivity index (χ0n) is 15.6. The van der Waals surface area contributed by atoms with Crippen molar-refractivity contribution in [2.45, 2.75) is 19.4 Å². The smallest absolute Gasteiger partial charge is 0.271 e. The minimum Gasteiger partial charge on any atom is -0.355 e. The van der Waals surface area contributed by atoms with Gasteiger partial charge in [0.1, 0.15) is 0 Å². The molecule has 0 aliphatic carbocycles. The Hall–Kier alpha value is -2.47. The van der Waals surface area contributed by atoms with Crippen molar-refractivity contribution in [1.29, 1.82) is 0 Å². The predicted octanol–water partition coefficient (Wildman–Crippen LogP) is 2.18. The first-order valence-electron chi connectivity index (χ1n) is 9.19. The van der Waals surface area contributed by atoms with Gasteiger partial charge >= 0.3 is 0 Å². The molecule has 1 aliphatic rings. The molecule has 26 heavy (non-hydrogen) atoms. The van der Waals surface area contributed by atoms with Gasteiger partial charge in [-0.1, -0.05) is 30.3 Å². The molecule has 1 fully saturated rings. The summed E-state index contributed by atoms with van der Waals surface area (Å²) >= 11 is 0. The number of carbonyl (C=O) groups excluding carboxylic acids is 1. The molecule has 0 saturated carbocycles. The van der Waals surface area contributed by atoms with Crippen LogP contribution >= 0.6 is 0 Å². The van der Waals surface area contributed by atoms with Gasteiger partial charge in [-0.15, -0.1) is 10.2 Å². The lowest BCUT2D eigenvalue weighted by molar-refractivity contribution is 0.0957. The summed E-state index contributed by atoms with van der Waals surface area (Å²) in [5.74, 6) is 1.36. The van der Waals surface area contributed by atoms with Crippen molar-refractivity contribution in [3.8, 4) is 0 Å². The summed E-state index contributed by atoms with van der Waals surface area (Å²) in [6.07, 6.45) is 2.30. The van der Waals surface area contributed by atoms with Gasteiger partial charge in [0.05, 0.1) is 0 Å². The van der Waals surface area contributed by atoms with Gasteiger partial charge in [0, 0.05) is 33.2 Å². The normalized spacial score (nSPS) is 15.3. The lowest BCUT2D eigenvalue weighted by atomic mass is 9.96. The lowest BCUT2D eigenvalue weighted by Crippen LogP contribution is -2.38. The Bertz CT molecular complexity index is 696. The van der Waals surface area contributed by atoms with Gasteiger partial charge in [-0.3, -0.25) is 4.79 Å². The molecule has 2 aromatic rings. The first kappa shape index (κ1) is 18.3. The van der Waals surface area contributed by atoms with Crippen molar-refractivity contribution in [3.05, 3.63) is 53.7 Å². The van der Waals surface area contributed by atoms with Gasteiger partial charge in [-0.25, -0.2) is 0 Å². The van der Waals surface area contributed by atoms with Crippen molar-refractivity contribution in [3.63, 3.8) is 0 Å². The minimum atomic E-state index is -0.204.